The Morgan fingerprint density at radius 2 is 1.30 bits per heavy atom. The third kappa shape index (κ3) is 4.21. The van der Waals surface area contributed by atoms with E-state index in [4.69, 9.17) is 23.5 Å². The van der Waals surface area contributed by atoms with Crippen molar-refractivity contribution in [3.8, 4) is 0 Å². The average Bonchev–Trinajstić information content (AvgIpc) is 3.50. The maximum atomic E-state index is 14.1. The summed E-state index contributed by atoms with van der Waals surface area (Å²) in [5.41, 5.74) is 1.62. The topological polar surface area (TPSA) is 63.2 Å². The van der Waals surface area contributed by atoms with Crippen LogP contribution in [0.2, 0.25) is 0 Å². The fraction of sp³-hybridized carbons (Fsp3) is 0.400. The molecule has 3 fully saturated rings. The fourth-order valence-electron chi connectivity index (χ4n) is 5.94. The monoisotopic (exact) mass is 520 g/mol. The Kier molecular flexibility index (Phi) is 6.39. The molecule has 37 heavy (non-hydrogen) atoms. The molecule has 3 aromatic carbocycles. The van der Waals surface area contributed by atoms with Gasteiger partial charge in [0, 0.05) is 6.16 Å². The Morgan fingerprint density at radius 3 is 1.78 bits per heavy atom. The Hall–Kier alpha value is -2.31. The summed E-state index contributed by atoms with van der Waals surface area (Å²) in [7, 11) is -3.08. The van der Waals surface area contributed by atoms with Crippen LogP contribution in [0.15, 0.2) is 91.0 Å². The van der Waals surface area contributed by atoms with E-state index < -0.39 is 49.0 Å². The molecule has 3 saturated heterocycles. The van der Waals surface area contributed by atoms with Gasteiger partial charge < -0.3 is 23.5 Å². The summed E-state index contributed by atoms with van der Waals surface area (Å²) in [6, 6.07) is 30.6. The van der Waals surface area contributed by atoms with Crippen LogP contribution in [-0.4, -0.2) is 48.8 Å². The molecule has 0 aromatic heterocycles. The number of ether oxygens (including phenoxy) is 4. The van der Waals surface area contributed by atoms with Crippen molar-refractivity contribution in [1.82, 2.24) is 0 Å². The van der Waals surface area contributed by atoms with Gasteiger partial charge in [0.2, 0.25) is 7.37 Å². The van der Waals surface area contributed by atoms with Crippen molar-refractivity contribution >= 4 is 7.37 Å². The van der Waals surface area contributed by atoms with Crippen LogP contribution in [-0.2, 0) is 33.6 Å². The lowest BCUT2D eigenvalue weighted by molar-refractivity contribution is -0.211. The summed E-state index contributed by atoms with van der Waals surface area (Å²) in [5.74, 6) is -0.766. The molecule has 0 N–H and O–H groups in total. The van der Waals surface area contributed by atoms with Gasteiger partial charge in [-0.3, -0.25) is 4.57 Å². The van der Waals surface area contributed by atoms with Crippen molar-refractivity contribution in [2.45, 2.75) is 62.4 Å². The zero-order chi connectivity index (χ0) is 25.7. The summed E-state index contributed by atoms with van der Waals surface area (Å²) in [4.78, 5) is 0. The van der Waals surface area contributed by atoms with E-state index in [1.807, 2.05) is 75.4 Å². The molecule has 0 unspecified atom stereocenters. The zero-order valence-corrected chi connectivity index (χ0v) is 22.3. The van der Waals surface area contributed by atoms with Crippen LogP contribution in [0.4, 0.5) is 0 Å². The van der Waals surface area contributed by atoms with E-state index in [1.165, 1.54) is 0 Å². The van der Waals surface area contributed by atoms with Gasteiger partial charge in [0.05, 0.1) is 12.3 Å². The lowest BCUT2D eigenvalue weighted by Gasteiger charge is -2.37. The highest BCUT2D eigenvalue weighted by Crippen LogP contribution is 2.64. The van der Waals surface area contributed by atoms with Crippen LogP contribution in [0, 0.1) is 0 Å². The fourth-order valence-corrected chi connectivity index (χ4v) is 8.35. The van der Waals surface area contributed by atoms with E-state index in [2.05, 4.69) is 36.4 Å². The van der Waals surface area contributed by atoms with Crippen LogP contribution in [0.25, 0.3) is 0 Å². The maximum absolute atomic E-state index is 14.1. The van der Waals surface area contributed by atoms with Crippen molar-refractivity contribution in [3.63, 3.8) is 0 Å². The first-order valence-corrected chi connectivity index (χ1v) is 14.8. The van der Waals surface area contributed by atoms with E-state index in [1.54, 1.807) is 0 Å². The number of hydrogen-bond acceptors (Lipinski definition) is 6. The molecule has 0 aliphatic carbocycles. The van der Waals surface area contributed by atoms with Crippen molar-refractivity contribution in [1.29, 1.82) is 0 Å². The van der Waals surface area contributed by atoms with Gasteiger partial charge in [0.1, 0.15) is 23.9 Å². The van der Waals surface area contributed by atoms with Gasteiger partial charge in [-0.25, -0.2) is 0 Å². The van der Waals surface area contributed by atoms with Gasteiger partial charge in [-0.2, -0.15) is 0 Å². The van der Waals surface area contributed by atoms with E-state index >= 15 is 0 Å². The summed E-state index contributed by atoms with van der Waals surface area (Å²) in [6.45, 7) is 5.80. The molecule has 3 aliphatic heterocycles. The summed E-state index contributed by atoms with van der Waals surface area (Å²) in [6.07, 6.45) is -1.44. The molecule has 6 nitrogen and oxygen atoms in total. The molecule has 0 amide bonds. The first-order chi connectivity index (χ1) is 17.9. The quantitative estimate of drug-likeness (QED) is 0.284. The van der Waals surface area contributed by atoms with Crippen molar-refractivity contribution in [2.24, 2.45) is 0 Å². The maximum Gasteiger partial charge on any atom is 0.211 e. The van der Waals surface area contributed by atoms with Gasteiger partial charge in [0.25, 0.3) is 0 Å². The minimum absolute atomic E-state index is 0.188. The predicted molar refractivity (Wildman–Crippen MR) is 141 cm³/mol. The van der Waals surface area contributed by atoms with Crippen LogP contribution in [0.3, 0.4) is 0 Å². The minimum atomic E-state index is -3.08. The predicted octanol–water partition coefficient (Wildman–Crippen LogP) is 5.94. The van der Waals surface area contributed by atoms with E-state index in [-0.39, 0.29) is 6.61 Å². The number of fused-ring (bicyclic) bond motifs is 3. The van der Waals surface area contributed by atoms with Crippen LogP contribution >= 0.6 is 7.37 Å². The highest BCUT2D eigenvalue weighted by Gasteiger charge is 2.65. The molecular weight excluding hydrogens is 487 g/mol. The van der Waals surface area contributed by atoms with E-state index in [0.717, 1.165) is 16.7 Å². The van der Waals surface area contributed by atoms with E-state index in [0.29, 0.717) is 6.16 Å². The molecule has 3 heterocycles. The molecule has 0 bridgehead atoms. The molecular formula is C30H33O6P. The number of hydrogen-bond donors (Lipinski definition) is 0. The van der Waals surface area contributed by atoms with Crippen LogP contribution in [0.5, 0.6) is 0 Å². The SMILES string of the molecule is CC[P@]1(=O)O[C@@H]2[C@H]3OC(C)(C)O[C@H]3O[C@@H]2[C@H]1COC(c1ccccc1)(c1ccccc1)c1ccccc1. The molecule has 3 aliphatic rings. The van der Waals surface area contributed by atoms with Crippen LogP contribution in [0.1, 0.15) is 37.5 Å². The molecule has 6 rings (SSSR count). The highest BCUT2D eigenvalue weighted by molar-refractivity contribution is 7.60. The molecule has 6 atom stereocenters. The normalized spacial score (nSPS) is 32.2. The third-order valence-electron chi connectivity index (χ3n) is 7.66. The molecule has 3 aromatic rings. The Morgan fingerprint density at radius 1 is 0.784 bits per heavy atom. The van der Waals surface area contributed by atoms with Crippen molar-refractivity contribution in [2.75, 3.05) is 12.8 Å². The second-order valence-electron chi connectivity index (χ2n) is 10.3. The largest absolute Gasteiger partial charge is 0.360 e. The summed E-state index contributed by atoms with van der Waals surface area (Å²) < 4.78 is 45.8. The minimum Gasteiger partial charge on any atom is -0.360 e. The lowest BCUT2D eigenvalue weighted by atomic mass is 9.80. The molecule has 0 spiro atoms. The van der Waals surface area contributed by atoms with Crippen LogP contribution < -0.4 is 0 Å². The summed E-state index contributed by atoms with van der Waals surface area (Å²) in [5, 5.41) is 0. The summed E-state index contributed by atoms with van der Waals surface area (Å²) >= 11 is 0. The first kappa shape index (κ1) is 25.0. The van der Waals surface area contributed by atoms with Gasteiger partial charge in [0.15, 0.2) is 12.1 Å². The van der Waals surface area contributed by atoms with Gasteiger partial charge in [-0.05, 0) is 30.5 Å². The Bertz CT molecular complexity index is 1170. The molecule has 194 valence electrons. The first-order valence-electron chi connectivity index (χ1n) is 12.9. The third-order valence-corrected chi connectivity index (χ3v) is 10.6. The Labute approximate surface area is 218 Å². The Balaban J connectivity index is 1.40. The van der Waals surface area contributed by atoms with Gasteiger partial charge in [-0.15, -0.1) is 0 Å². The number of rotatable bonds is 7. The molecule has 7 heteroatoms. The zero-order valence-electron chi connectivity index (χ0n) is 21.4. The average molecular weight is 521 g/mol. The lowest BCUT2D eigenvalue weighted by Crippen LogP contribution is -2.40. The van der Waals surface area contributed by atoms with E-state index in [9.17, 15) is 4.57 Å². The second-order valence-corrected chi connectivity index (χ2v) is 13.3. The second kappa shape index (κ2) is 9.46. The molecule has 0 saturated carbocycles. The smallest absolute Gasteiger partial charge is 0.211 e. The van der Waals surface area contributed by atoms with Crippen molar-refractivity contribution < 1.29 is 28.0 Å². The van der Waals surface area contributed by atoms with Crippen molar-refractivity contribution in [3.05, 3.63) is 108 Å². The number of benzene rings is 3. The van der Waals surface area contributed by atoms with Gasteiger partial charge in [-0.1, -0.05) is 97.9 Å². The molecule has 0 radical (unpaired) electrons. The standard InChI is InChI=1S/C30H33O6P/c1-4-37(31)24(25-26(36-37)27-28(33-25)35-29(2,3)34-27)20-32-30(21-14-8-5-9-15-21,22-16-10-6-11-17-22)23-18-12-7-13-19-23/h5-19,24-28H,4,20H2,1-3H3/t24-,25-,26+,27-,28-,37+/m1/s1. The van der Waals surface area contributed by atoms with Gasteiger partial charge >= 0.3 is 0 Å². The highest BCUT2D eigenvalue weighted by atomic mass is 31.2.